The number of amides is 1. The molecule has 1 amide bonds. The molecule has 0 unspecified atom stereocenters. The second-order valence-electron chi connectivity index (χ2n) is 10.7. The molecule has 0 aromatic heterocycles. The zero-order valence-corrected chi connectivity index (χ0v) is 20.7. The first-order chi connectivity index (χ1) is 16.7. The number of methoxy groups -OCH3 is 1. The number of anilines is 1. The molecular formula is C27H41N3O4. The Morgan fingerprint density at radius 2 is 1.82 bits per heavy atom. The fourth-order valence-corrected chi connectivity index (χ4v) is 6.31. The maximum Gasteiger partial charge on any atom is 0.231 e. The molecular weight excluding hydrogens is 430 g/mol. The minimum absolute atomic E-state index is 0.254. The fraction of sp³-hybridized carbons (Fsp3) is 0.741. The number of fused-ring (bicyclic) bond motifs is 1. The van der Waals surface area contributed by atoms with Crippen LogP contribution in [0.3, 0.4) is 0 Å². The summed E-state index contributed by atoms with van der Waals surface area (Å²) in [5.41, 5.74) is 1.17. The molecule has 3 fully saturated rings. The molecule has 1 saturated heterocycles. The molecule has 0 bridgehead atoms. The van der Waals surface area contributed by atoms with Crippen LogP contribution in [0, 0.1) is 11.8 Å². The van der Waals surface area contributed by atoms with E-state index in [1.807, 2.05) is 6.07 Å². The Bertz CT molecular complexity index is 818. The van der Waals surface area contributed by atoms with Crippen molar-refractivity contribution in [2.75, 3.05) is 51.5 Å². The number of piperazine rings is 1. The summed E-state index contributed by atoms with van der Waals surface area (Å²) in [6.45, 7) is 5.77. The van der Waals surface area contributed by atoms with Gasteiger partial charge in [-0.2, -0.15) is 0 Å². The molecule has 7 heteroatoms. The number of carbonyl (C=O) groups is 1. The van der Waals surface area contributed by atoms with Crippen molar-refractivity contribution in [2.45, 2.75) is 69.9 Å². The third-order valence-corrected chi connectivity index (χ3v) is 8.45. The normalized spacial score (nSPS) is 29.4. The highest BCUT2D eigenvalue weighted by Crippen LogP contribution is 2.41. The summed E-state index contributed by atoms with van der Waals surface area (Å²) in [5.74, 6) is 3.33. The van der Waals surface area contributed by atoms with Crippen LogP contribution in [0.15, 0.2) is 18.2 Å². The summed E-state index contributed by atoms with van der Waals surface area (Å²) in [7, 11) is 1.78. The first-order valence-electron chi connectivity index (χ1n) is 13.4. The van der Waals surface area contributed by atoms with Crippen molar-refractivity contribution in [3.8, 4) is 11.5 Å². The Labute approximate surface area is 204 Å². The van der Waals surface area contributed by atoms with Crippen LogP contribution in [0.5, 0.6) is 11.5 Å². The molecule has 2 heterocycles. The van der Waals surface area contributed by atoms with Crippen LogP contribution in [-0.4, -0.2) is 69.6 Å². The molecule has 1 aromatic rings. The molecule has 2 aliphatic carbocycles. The first-order valence-corrected chi connectivity index (χ1v) is 13.4. The van der Waals surface area contributed by atoms with Crippen LogP contribution >= 0.6 is 0 Å². The van der Waals surface area contributed by atoms with Gasteiger partial charge in [0.25, 0.3) is 0 Å². The average Bonchev–Trinajstić information content (AvgIpc) is 3.53. The van der Waals surface area contributed by atoms with E-state index in [-0.39, 0.29) is 5.91 Å². The number of hydrogen-bond acceptors (Lipinski definition) is 6. The van der Waals surface area contributed by atoms with Gasteiger partial charge in [-0.15, -0.1) is 0 Å². The van der Waals surface area contributed by atoms with Crippen LogP contribution in [0.1, 0.15) is 57.8 Å². The van der Waals surface area contributed by atoms with E-state index in [9.17, 15) is 4.79 Å². The Balaban J connectivity index is 0.973. The zero-order chi connectivity index (χ0) is 23.3. The Morgan fingerprint density at radius 3 is 2.59 bits per heavy atom. The molecule has 2 atom stereocenters. The van der Waals surface area contributed by atoms with Gasteiger partial charge < -0.3 is 24.4 Å². The number of hydrogen-bond donors (Lipinski definition) is 1. The molecule has 2 saturated carbocycles. The lowest BCUT2D eigenvalue weighted by Gasteiger charge is -2.37. The van der Waals surface area contributed by atoms with E-state index in [2.05, 4.69) is 27.2 Å². The van der Waals surface area contributed by atoms with Gasteiger partial charge in [0.15, 0.2) is 11.5 Å². The molecule has 4 aliphatic rings. The number of nitrogens with zero attached hydrogens (tertiary/aromatic N) is 2. The van der Waals surface area contributed by atoms with Crippen molar-refractivity contribution in [3.05, 3.63) is 18.2 Å². The van der Waals surface area contributed by atoms with Gasteiger partial charge in [-0.3, -0.25) is 9.69 Å². The smallest absolute Gasteiger partial charge is 0.231 e. The van der Waals surface area contributed by atoms with E-state index in [0.717, 1.165) is 75.7 Å². The van der Waals surface area contributed by atoms with Crippen molar-refractivity contribution in [2.24, 2.45) is 11.8 Å². The molecule has 7 nitrogen and oxygen atoms in total. The quantitative estimate of drug-likeness (QED) is 0.622. The summed E-state index contributed by atoms with van der Waals surface area (Å²) in [6.07, 6.45) is 10.3. The number of para-hydroxylation sites is 1. The van der Waals surface area contributed by atoms with Gasteiger partial charge in [0.2, 0.25) is 12.7 Å². The number of rotatable bonds is 8. The second kappa shape index (κ2) is 11.2. The molecule has 0 spiro atoms. The topological polar surface area (TPSA) is 63.3 Å². The van der Waals surface area contributed by atoms with E-state index < -0.39 is 0 Å². The summed E-state index contributed by atoms with van der Waals surface area (Å²) in [5, 5.41) is 3.33. The molecule has 5 rings (SSSR count). The summed E-state index contributed by atoms with van der Waals surface area (Å²) in [6, 6.07) is 6.56. The van der Waals surface area contributed by atoms with Crippen molar-refractivity contribution in [1.29, 1.82) is 0 Å². The van der Waals surface area contributed by atoms with Gasteiger partial charge in [0, 0.05) is 45.8 Å². The molecule has 0 radical (unpaired) electrons. The van der Waals surface area contributed by atoms with Gasteiger partial charge >= 0.3 is 0 Å². The summed E-state index contributed by atoms with van der Waals surface area (Å²) in [4.78, 5) is 17.5. The maximum atomic E-state index is 12.5. The van der Waals surface area contributed by atoms with Crippen molar-refractivity contribution in [3.63, 3.8) is 0 Å². The lowest BCUT2D eigenvalue weighted by atomic mass is 9.84. The summed E-state index contributed by atoms with van der Waals surface area (Å²) >= 11 is 0. The lowest BCUT2D eigenvalue weighted by Crippen LogP contribution is -2.47. The number of benzene rings is 1. The zero-order valence-electron chi connectivity index (χ0n) is 20.7. The van der Waals surface area contributed by atoms with Crippen LogP contribution < -0.4 is 19.7 Å². The van der Waals surface area contributed by atoms with E-state index in [4.69, 9.17) is 14.2 Å². The fourth-order valence-electron chi connectivity index (χ4n) is 6.31. The standard InChI is InChI=1S/C27H41N3O4/c1-32-23-10-7-21(17-23)18-26(31)28-22-8-5-20(6-9-22)11-12-29-13-15-30(16-14-29)24-3-2-4-25-27(24)34-19-33-25/h2-4,20-23H,5-19H2,1H3,(H,28,31)/t20-,21-,22-,23-/m1/s1. The largest absolute Gasteiger partial charge is 0.454 e. The van der Waals surface area contributed by atoms with E-state index in [0.29, 0.717) is 31.3 Å². The predicted molar refractivity (Wildman–Crippen MR) is 132 cm³/mol. The molecule has 2 aliphatic heterocycles. The summed E-state index contributed by atoms with van der Waals surface area (Å²) < 4.78 is 16.7. The highest BCUT2D eigenvalue weighted by molar-refractivity contribution is 5.76. The highest BCUT2D eigenvalue weighted by Gasteiger charge is 2.29. The molecule has 34 heavy (non-hydrogen) atoms. The molecule has 1 N–H and O–H groups in total. The first kappa shape index (κ1) is 23.7. The number of ether oxygens (including phenoxy) is 3. The van der Waals surface area contributed by atoms with E-state index in [1.165, 1.54) is 31.5 Å². The number of nitrogens with one attached hydrogen (secondary N) is 1. The van der Waals surface area contributed by atoms with Crippen molar-refractivity contribution < 1.29 is 19.0 Å². The Kier molecular flexibility index (Phi) is 7.80. The highest BCUT2D eigenvalue weighted by atomic mass is 16.7. The van der Waals surface area contributed by atoms with E-state index >= 15 is 0 Å². The van der Waals surface area contributed by atoms with E-state index in [1.54, 1.807) is 7.11 Å². The predicted octanol–water partition coefficient (Wildman–Crippen LogP) is 3.81. The van der Waals surface area contributed by atoms with Crippen LogP contribution in [0.4, 0.5) is 5.69 Å². The third-order valence-electron chi connectivity index (χ3n) is 8.45. The van der Waals surface area contributed by atoms with Crippen LogP contribution in [0.2, 0.25) is 0 Å². The SMILES string of the molecule is CO[C@@H]1CC[C@@H](CC(=O)N[C@H]2CC[C@H](CCN3CCN(c4cccc5c4OCO5)CC3)CC2)C1. The van der Waals surface area contributed by atoms with Gasteiger partial charge in [-0.1, -0.05) is 6.07 Å². The second-order valence-corrected chi connectivity index (χ2v) is 10.7. The lowest BCUT2D eigenvalue weighted by molar-refractivity contribution is -0.123. The van der Waals surface area contributed by atoms with Gasteiger partial charge in [-0.25, -0.2) is 0 Å². The Hall–Kier alpha value is -1.99. The minimum atomic E-state index is 0.254. The minimum Gasteiger partial charge on any atom is -0.454 e. The monoisotopic (exact) mass is 471 g/mol. The molecule has 188 valence electrons. The maximum absolute atomic E-state index is 12.5. The van der Waals surface area contributed by atoms with Crippen molar-refractivity contribution in [1.82, 2.24) is 10.2 Å². The van der Waals surface area contributed by atoms with Crippen LogP contribution in [-0.2, 0) is 9.53 Å². The van der Waals surface area contributed by atoms with Gasteiger partial charge in [0.05, 0.1) is 11.8 Å². The van der Waals surface area contributed by atoms with Gasteiger partial charge in [0.1, 0.15) is 0 Å². The molecule has 1 aromatic carbocycles. The average molecular weight is 472 g/mol. The van der Waals surface area contributed by atoms with Crippen LogP contribution in [0.25, 0.3) is 0 Å². The third kappa shape index (κ3) is 5.80. The van der Waals surface area contributed by atoms with Crippen molar-refractivity contribution >= 4 is 11.6 Å². The Morgan fingerprint density at radius 1 is 1.03 bits per heavy atom. The van der Waals surface area contributed by atoms with Gasteiger partial charge in [-0.05, 0) is 81.9 Å². The number of carbonyl (C=O) groups excluding carboxylic acids is 1.